The third kappa shape index (κ3) is 3.41. The average Bonchev–Trinajstić information content (AvgIpc) is 2.83. The van der Waals surface area contributed by atoms with Gasteiger partial charge in [-0.2, -0.15) is 0 Å². The number of rotatable bonds is 5. The Bertz CT molecular complexity index is 574. The van der Waals surface area contributed by atoms with Crippen molar-refractivity contribution in [1.82, 2.24) is 9.62 Å². The Labute approximate surface area is 120 Å². The first-order valence-corrected chi connectivity index (χ1v) is 8.16. The van der Waals surface area contributed by atoms with Gasteiger partial charge in [-0.25, -0.2) is 13.1 Å². The molecule has 0 aliphatic carbocycles. The molecule has 0 radical (unpaired) electrons. The Balaban J connectivity index is 2.03. The molecule has 0 spiro atoms. The van der Waals surface area contributed by atoms with Crippen LogP contribution in [0.3, 0.4) is 0 Å². The summed E-state index contributed by atoms with van der Waals surface area (Å²) in [6.45, 7) is 3.06. The molecule has 1 heterocycles. The normalized spacial score (nSPS) is 20.2. The van der Waals surface area contributed by atoms with Crippen LogP contribution in [-0.2, 0) is 10.0 Å². The quantitative estimate of drug-likeness (QED) is 0.691. The molecule has 0 amide bonds. The van der Waals surface area contributed by atoms with Gasteiger partial charge in [0.05, 0.1) is 16.3 Å². The predicted octanol–water partition coefficient (Wildman–Crippen LogP) is 0.541. The minimum absolute atomic E-state index is 0.184. The van der Waals surface area contributed by atoms with Gasteiger partial charge >= 0.3 is 0 Å². The third-order valence-electron chi connectivity index (χ3n) is 3.67. The van der Waals surface area contributed by atoms with E-state index in [0.717, 1.165) is 25.3 Å². The van der Waals surface area contributed by atoms with Crippen LogP contribution >= 0.6 is 0 Å². The maximum atomic E-state index is 11.7. The standard InChI is InChI=1S/C13H22N4O2S/c1-15-20(18,19)11-3-4-13(12(14)7-11)16-8-10-5-6-17(2)9-10/h3-4,7,10,15-16H,5-6,8-9,14H2,1-2H3. The predicted molar refractivity (Wildman–Crippen MR) is 81.2 cm³/mol. The summed E-state index contributed by atoms with van der Waals surface area (Å²) in [4.78, 5) is 2.49. The van der Waals surface area contributed by atoms with Gasteiger partial charge in [0.25, 0.3) is 0 Å². The molecule has 1 aromatic carbocycles. The minimum atomic E-state index is -3.44. The molecule has 1 aliphatic rings. The molecule has 2 rings (SSSR count). The maximum Gasteiger partial charge on any atom is 0.240 e. The van der Waals surface area contributed by atoms with Crippen molar-refractivity contribution in [3.63, 3.8) is 0 Å². The highest BCUT2D eigenvalue weighted by Gasteiger charge is 2.19. The van der Waals surface area contributed by atoms with Crippen molar-refractivity contribution in [2.24, 2.45) is 5.92 Å². The van der Waals surface area contributed by atoms with Crippen molar-refractivity contribution < 1.29 is 8.42 Å². The van der Waals surface area contributed by atoms with Crippen LogP contribution in [0.25, 0.3) is 0 Å². The van der Waals surface area contributed by atoms with Gasteiger partial charge in [0.1, 0.15) is 0 Å². The Kier molecular flexibility index (Phi) is 4.52. The molecule has 1 fully saturated rings. The third-order valence-corrected chi connectivity index (χ3v) is 5.08. The number of sulfonamides is 1. The fourth-order valence-corrected chi connectivity index (χ4v) is 3.20. The molecule has 1 aromatic rings. The number of nitrogens with two attached hydrogens (primary N) is 1. The van der Waals surface area contributed by atoms with Crippen molar-refractivity contribution in [2.75, 3.05) is 44.8 Å². The van der Waals surface area contributed by atoms with Crippen LogP contribution in [0.2, 0.25) is 0 Å². The lowest BCUT2D eigenvalue weighted by molar-refractivity contribution is 0.399. The van der Waals surface area contributed by atoms with Crippen LogP contribution in [0.15, 0.2) is 23.1 Å². The molecule has 20 heavy (non-hydrogen) atoms. The maximum absolute atomic E-state index is 11.7. The lowest BCUT2D eigenvalue weighted by Crippen LogP contribution is -2.20. The molecular formula is C13H22N4O2S. The summed E-state index contributed by atoms with van der Waals surface area (Å²) in [6, 6.07) is 4.76. The summed E-state index contributed by atoms with van der Waals surface area (Å²) in [6.07, 6.45) is 1.18. The van der Waals surface area contributed by atoms with E-state index in [4.69, 9.17) is 5.73 Å². The molecule has 0 saturated carbocycles. The largest absolute Gasteiger partial charge is 0.397 e. The molecule has 112 valence electrons. The van der Waals surface area contributed by atoms with Gasteiger partial charge in [-0.1, -0.05) is 0 Å². The van der Waals surface area contributed by atoms with E-state index in [1.807, 2.05) is 0 Å². The first kappa shape index (κ1) is 15.1. The van der Waals surface area contributed by atoms with Crippen LogP contribution in [-0.4, -0.2) is 47.0 Å². The summed E-state index contributed by atoms with van der Waals surface area (Å²) in [5, 5.41) is 3.31. The van der Waals surface area contributed by atoms with Gasteiger partial charge < -0.3 is 16.0 Å². The van der Waals surface area contributed by atoms with Crippen molar-refractivity contribution >= 4 is 21.4 Å². The second-order valence-electron chi connectivity index (χ2n) is 5.25. The number of benzene rings is 1. The Morgan fingerprint density at radius 1 is 1.45 bits per heavy atom. The smallest absolute Gasteiger partial charge is 0.240 e. The average molecular weight is 298 g/mol. The second-order valence-corrected chi connectivity index (χ2v) is 7.14. The summed E-state index contributed by atoms with van der Waals surface area (Å²) >= 11 is 0. The Morgan fingerprint density at radius 2 is 2.20 bits per heavy atom. The van der Waals surface area contributed by atoms with Gasteiger partial charge in [0, 0.05) is 13.1 Å². The van der Waals surface area contributed by atoms with E-state index in [-0.39, 0.29) is 4.90 Å². The summed E-state index contributed by atoms with van der Waals surface area (Å²) in [7, 11) is 0.0603. The number of likely N-dealkylation sites (tertiary alicyclic amines) is 1. The number of nitrogens with one attached hydrogen (secondary N) is 2. The van der Waals surface area contributed by atoms with E-state index in [2.05, 4.69) is 22.0 Å². The zero-order valence-electron chi connectivity index (χ0n) is 11.9. The number of anilines is 2. The van der Waals surface area contributed by atoms with Crippen LogP contribution in [0.1, 0.15) is 6.42 Å². The molecule has 0 bridgehead atoms. The van der Waals surface area contributed by atoms with Crippen LogP contribution in [0.5, 0.6) is 0 Å². The van der Waals surface area contributed by atoms with Gasteiger partial charge in [0.15, 0.2) is 0 Å². The van der Waals surface area contributed by atoms with Crippen LogP contribution < -0.4 is 15.8 Å². The van der Waals surface area contributed by atoms with E-state index in [1.165, 1.54) is 19.5 Å². The molecule has 1 unspecified atom stereocenters. The monoisotopic (exact) mass is 298 g/mol. The summed E-state index contributed by atoms with van der Waals surface area (Å²) in [5.74, 6) is 0.611. The van der Waals surface area contributed by atoms with Gasteiger partial charge in [-0.15, -0.1) is 0 Å². The van der Waals surface area contributed by atoms with Crippen molar-refractivity contribution in [1.29, 1.82) is 0 Å². The SMILES string of the molecule is CNS(=O)(=O)c1ccc(NCC2CCN(C)C2)c(N)c1. The Morgan fingerprint density at radius 3 is 2.75 bits per heavy atom. The second kappa shape index (κ2) is 5.99. The first-order valence-electron chi connectivity index (χ1n) is 6.68. The lowest BCUT2D eigenvalue weighted by atomic mass is 10.1. The number of nitrogens with zero attached hydrogens (tertiary/aromatic N) is 1. The van der Waals surface area contributed by atoms with Crippen molar-refractivity contribution in [3.8, 4) is 0 Å². The molecule has 1 atom stereocenters. The van der Waals surface area contributed by atoms with E-state index >= 15 is 0 Å². The Hall–Kier alpha value is -1.31. The molecule has 7 heteroatoms. The van der Waals surface area contributed by atoms with Crippen LogP contribution in [0, 0.1) is 5.92 Å². The number of hydrogen-bond acceptors (Lipinski definition) is 5. The minimum Gasteiger partial charge on any atom is -0.397 e. The zero-order valence-corrected chi connectivity index (χ0v) is 12.7. The van der Waals surface area contributed by atoms with E-state index in [1.54, 1.807) is 12.1 Å². The lowest BCUT2D eigenvalue weighted by Gasteiger charge is -2.15. The molecule has 1 saturated heterocycles. The number of nitrogen functional groups attached to an aromatic ring is 1. The highest BCUT2D eigenvalue weighted by atomic mass is 32.2. The fourth-order valence-electron chi connectivity index (χ4n) is 2.43. The summed E-state index contributed by atoms with van der Waals surface area (Å²) < 4.78 is 25.6. The van der Waals surface area contributed by atoms with Crippen LogP contribution in [0.4, 0.5) is 11.4 Å². The molecule has 0 aromatic heterocycles. The summed E-state index contributed by atoms with van der Waals surface area (Å²) in [5.41, 5.74) is 7.16. The molecule has 6 nitrogen and oxygen atoms in total. The fraction of sp³-hybridized carbons (Fsp3) is 0.538. The van der Waals surface area contributed by atoms with Gasteiger partial charge in [-0.3, -0.25) is 0 Å². The van der Waals surface area contributed by atoms with E-state index in [9.17, 15) is 8.42 Å². The first-order chi connectivity index (χ1) is 9.42. The zero-order chi connectivity index (χ0) is 14.8. The highest BCUT2D eigenvalue weighted by Crippen LogP contribution is 2.23. The van der Waals surface area contributed by atoms with Gasteiger partial charge in [-0.05, 0) is 51.2 Å². The van der Waals surface area contributed by atoms with E-state index in [0.29, 0.717) is 11.6 Å². The number of hydrogen-bond donors (Lipinski definition) is 3. The topological polar surface area (TPSA) is 87.5 Å². The van der Waals surface area contributed by atoms with Crippen molar-refractivity contribution in [3.05, 3.63) is 18.2 Å². The molecule has 4 N–H and O–H groups in total. The van der Waals surface area contributed by atoms with E-state index < -0.39 is 10.0 Å². The molecular weight excluding hydrogens is 276 g/mol. The van der Waals surface area contributed by atoms with Crippen molar-refractivity contribution in [2.45, 2.75) is 11.3 Å². The highest BCUT2D eigenvalue weighted by molar-refractivity contribution is 7.89. The van der Waals surface area contributed by atoms with Gasteiger partial charge in [0.2, 0.25) is 10.0 Å². The molecule has 1 aliphatic heterocycles.